The van der Waals surface area contributed by atoms with Crippen molar-refractivity contribution >= 4 is 11.9 Å². The number of methoxy groups -OCH3 is 1. The van der Waals surface area contributed by atoms with Crippen LogP contribution in [0.25, 0.3) is 0 Å². The molecule has 1 atom stereocenters. The van der Waals surface area contributed by atoms with Gasteiger partial charge in [-0.15, -0.1) is 0 Å². The highest BCUT2D eigenvalue weighted by atomic mass is 16.5. The van der Waals surface area contributed by atoms with Crippen molar-refractivity contribution in [1.29, 1.82) is 0 Å². The fourth-order valence-electron chi connectivity index (χ4n) is 1.58. The van der Waals surface area contributed by atoms with Crippen LogP contribution < -0.4 is 5.32 Å². The molecular formula is C14H19NO5. The molecule has 6 heteroatoms. The molecule has 0 heterocycles. The van der Waals surface area contributed by atoms with E-state index < -0.39 is 12.0 Å². The number of amides is 1. The molecule has 0 aliphatic heterocycles. The van der Waals surface area contributed by atoms with E-state index in [9.17, 15) is 9.59 Å². The average Bonchev–Trinajstić information content (AvgIpc) is 2.45. The lowest BCUT2D eigenvalue weighted by Gasteiger charge is -2.14. The minimum Gasteiger partial charge on any atom is -0.479 e. The Morgan fingerprint density at radius 2 is 1.90 bits per heavy atom. The first-order chi connectivity index (χ1) is 9.65. The van der Waals surface area contributed by atoms with E-state index in [1.165, 1.54) is 0 Å². The van der Waals surface area contributed by atoms with Crippen LogP contribution in [0, 0.1) is 0 Å². The molecule has 1 aromatic carbocycles. The van der Waals surface area contributed by atoms with Gasteiger partial charge in [0, 0.05) is 13.5 Å². The number of aliphatic carboxylic acids is 1. The molecule has 1 rings (SSSR count). The zero-order chi connectivity index (χ0) is 14.8. The van der Waals surface area contributed by atoms with Crippen molar-refractivity contribution in [2.45, 2.75) is 12.5 Å². The van der Waals surface area contributed by atoms with Crippen LogP contribution in [0.1, 0.15) is 18.0 Å². The van der Waals surface area contributed by atoms with Crippen LogP contribution in [-0.2, 0) is 19.1 Å². The van der Waals surface area contributed by atoms with Crippen LogP contribution in [0.15, 0.2) is 30.3 Å². The van der Waals surface area contributed by atoms with Crippen LogP contribution in [0.5, 0.6) is 0 Å². The van der Waals surface area contributed by atoms with Crippen LogP contribution in [0.3, 0.4) is 0 Å². The van der Waals surface area contributed by atoms with Gasteiger partial charge >= 0.3 is 5.97 Å². The molecule has 110 valence electrons. The molecule has 0 unspecified atom stereocenters. The van der Waals surface area contributed by atoms with Crippen molar-refractivity contribution in [2.24, 2.45) is 0 Å². The molecule has 0 radical (unpaired) electrons. The third-order valence-electron chi connectivity index (χ3n) is 2.59. The lowest BCUT2D eigenvalue weighted by molar-refractivity contribution is -0.142. The van der Waals surface area contributed by atoms with Gasteiger partial charge in [0.05, 0.1) is 19.8 Å². The van der Waals surface area contributed by atoms with Gasteiger partial charge < -0.3 is 19.9 Å². The Balaban J connectivity index is 2.43. The normalized spacial score (nSPS) is 11.8. The van der Waals surface area contributed by atoms with Crippen LogP contribution in [0.2, 0.25) is 0 Å². The standard InChI is InChI=1S/C14H19NO5/c1-19-9-10-20-8-7-12(16)15-13(14(17)18)11-5-3-2-4-6-11/h2-6,13H,7-10H2,1H3,(H,15,16)(H,17,18)/t13-/m0/s1. The second kappa shape index (κ2) is 9.06. The molecular weight excluding hydrogens is 262 g/mol. The first-order valence-corrected chi connectivity index (χ1v) is 6.29. The van der Waals surface area contributed by atoms with Crippen LogP contribution >= 0.6 is 0 Å². The lowest BCUT2D eigenvalue weighted by Crippen LogP contribution is -2.34. The molecule has 2 N–H and O–H groups in total. The molecule has 6 nitrogen and oxygen atoms in total. The number of ether oxygens (including phenoxy) is 2. The Bertz CT molecular complexity index is 421. The van der Waals surface area contributed by atoms with E-state index in [1.54, 1.807) is 37.4 Å². The number of carboxylic acid groups (broad SMARTS) is 1. The molecule has 0 fully saturated rings. The SMILES string of the molecule is COCCOCCC(=O)N[C@H](C(=O)O)c1ccccc1. The van der Waals surface area contributed by atoms with Gasteiger partial charge in [0.2, 0.25) is 5.91 Å². The van der Waals surface area contributed by atoms with E-state index in [0.717, 1.165) is 0 Å². The van der Waals surface area contributed by atoms with Gasteiger partial charge in [-0.05, 0) is 5.56 Å². The number of carbonyl (C=O) groups excluding carboxylic acids is 1. The van der Waals surface area contributed by atoms with Crippen molar-refractivity contribution in [3.05, 3.63) is 35.9 Å². The minimum atomic E-state index is -1.09. The van der Waals surface area contributed by atoms with E-state index in [4.69, 9.17) is 14.6 Å². The summed E-state index contributed by atoms with van der Waals surface area (Å²) in [5.74, 6) is -1.46. The Hall–Kier alpha value is -1.92. The maximum atomic E-state index is 11.7. The summed E-state index contributed by atoms with van der Waals surface area (Å²) in [5.41, 5.74) is 0.536. The number of carboxylic acids is 1. The quantitative estimate of drug-likeness (QED) is 0.659. The fourth-order valence-corrected chi connectivity index (χ4v) is 1.58. The van der Waals surface area contributed by atoms with Crippen molar-refractivity contribution in [3.8, 4) is 0 Å². The third-order valence-corrected chi connectivity index (χ3v) is 2.59. The topological polar surface area (TPSA) is 84.9 Å². The maximum absolute atomic E-state index is 11.7. The van der Waals surface area contributed by atoms with E-state index in [2.05, 4.69) is 5.32 Å². The van der Waals surface area contributed by atoms with Gasteiger partial charge in [0.15, 0.2) is 6.04 Å². The molecule has 0 aliphatic carbocycles. The smallest absolute Gasteiger partial charge is 0.330 e. The van der Waals surface area contributed by atoms with Gasteiger partial charge in [0.1, 0.15) is 0 Å². The van der Waals surface area contributed by atoms with Gasteiger partial charge in [-0.25, -0.2) is 4.79 Å². The first-order valence-electron chi connectivity index (χ1n) is 6.29. The molecule has 0 bridgehead atoms. The maximum Gasteiger partial charge on any atom is 0.330 e. The van der Waals surface area contributed by atoms with E-state index in [1.807, 2.05) is 0 Å². The third kappa shape index (κ3) is 5.81. The predicted octanol–water partition coefficient (Wildman–Crippen LogP) is 0.982. The molecule has 0 saturated heterocycles. The molecule has 1 amide bonds. The predicted molar refractivity (Wildman–Crippen MR) is 72.3 cm³/mol. The zero-order valence-corrected chi connectivity index (χ0v) is 11.4. The highest BCUT2D eigenvalue weighted by Crippen LogP contribution is 2.12. The second-order valence-corrected chi connectivity index (χ2v) is 4.10. The van der Waals surface area contributed by atoms with Crippen LogP contribution in [0.4, 0.5) is 0 Å². The highest BCUT2D eigenvalue weighted by Gasteiger charge is 2.21. The summed E-state index contributed by atoms with van der Waals surface area (Å²) in [7, 11) is 1.56. The number of carbonyl (C=O) groups is 2. The Morgan fingerprint density at radius 1 is 1.20 bits per heavy atom. The Morgan fingerprint density at radius 3 is 2.50 bits per heavy atom. The Labute approximate surface area is 117 Å². The van der Waals surface area contributed by atoms with Gasteiger partial charge in [0.25, 0.3) is 0 Å². The number of hydrogen-bond acceptors (Lipinski definition) is 4. The van der Waals surface area contributed by atoms with E-state index >= 15 is 0 Å². The van der Waals surface area contributed by atoms with E-state index in [-0.39, 0.29) is 18.9 Å². The average molecular weight is 281 g/mol. The summed E-state index contributed by atoms with van der Waals surface area (Å²) in [5, 5.41) is 11.6. The lowest BCUT2D eigenvalue weighted by atomic mass is 10.1. The van der Waals surface area contributed by atoms with E-state index in [0.29, 0.717) is 18.8 Å². The zero-order valence-electron chi connectivity index (χ0n) is 11.4. The first kappa shape index (κ1) is 16.1. The van der Waals surface area contributed by atoms with Crippen LogP contribution in [-0.4, -0.2) is 43.9 Å². The van der Waals surface area contributed by atoms with Gasteiger partial charge in [-0.3, -0.25) is 4.79 Å². The second-order valence-electron chi connectivity index (χ2n) is 4.10. The van der Waals surface area contributed by atoms with Crippen molar-refractivity contribution < 1.29 is 24.2 Å². The monoisotopic (exact) mass is 281 g/mol. The van der Waals surface area contributed by atoms with Gasteiger partial charge in [-0.1, -0.05) is 30.3 Å². The summed E-state index contributed by atoms with van der Waals surface area (Å²) < 4.78 is 9.96. The number of nitrogens with one attached hydrogen (secondary N) is 1. The number of hydrogen-bond donors (Lipinski definition) is 2. The summed E-state index contributed by atoms with van der Waals surface area (Å²) in [6.07, 6.45) is 0.111. The van der Waals surface area contributed by atoms with Crippen molar-refractivity contribution in [3.63, 3.8) is 0 Å². The minimum absolute atomic E-state index is 0.111. The molecule has 0 aromatic heterocycles. The summed E-state index contributed by atoms with van der Waals surface area (Å²) in [4.78, 5) is 22.9. The van der Waals surface area contributed by atoms with Crippen molar-refractivity contribution in [2.75, 3.05) is 26.9 Å². The molecule has 0 aliphatic rings. The summed E-state index contributed by atoms with van der Waals surface area (Å²) >= 11 is 0. The molecule has 1 aromatic rings. The fraction of sp³-hybridized carbons (Fsp3) is 0.429. The molecule has 0 spiro atoms. The summed E-state index contributed by atoms with van der Waals surface area (Å²) in [6, 6.07) is 7.52. The van der Waals surface area contributed by atoms with Gasteiger partial charge in [-0.2, -0.15) is 0 Å². The molecule has 20 heavy (non-hydrogen) atoms. The number of benzene rings is 1. The number of rotatable bonds is 9. The Kier molecular flexibility index (Phi) is 7.31. The van der Waals surface area contributed by atoms with Crippen molar-refractivity contribution in [1.82, 2.24) is 5.32 Å². The molecule has 0 saturated carbocycles. The largest absolute Gasteiger partial charge is 0.479 e. The summed E-state index contributed by atoms with van der Waals surface area (Å²) in [6.45, 7) is 1.10. The highest BCUT2D eigenvalue weighted by molar-refractivity contribution is 5.84.